The second-order valence-electron chi connectivity index (χ2n) is 15.3. The number of carboxylic acid groups (broad SMARTS) is 3. The molecule has 0 spiro atoms. The van der Waals surface area contributed by atoms with Crippen LogP contribution < -0.4 is 5.73 Å². The summed E-state index contributed by atoms with van der Waals surface area (Å²) in [5.41, 5.74) is 9.76. The van der Waals surface area contributed by atoms with Gasteiger partial charge in [-0.1, -0.05) is 109 Å². The third-order valence-electron chi connectivity index (χ3n) is 9.96. The zero-order valence-electron chi connectivity index (χ0n) is 40.1. The monoisotopic (exact) mass is 1190 g/mol. The van der Waals surface area contributed by atoms with Crippen molar-refractivity contribution in [1.82, 2.24) is 9.80 Å². The SMILES string of the molecule is NCc1ccc(F)cc1.O=C(O)CCl.O=C(O)c1ccc(-c2ccc(/C=C3\SC(=S)N(Cc4ccc(F)cc4)C3=O)o2)cc1.O=C1CSC(=S)N1Cc1ccc(F)cc1.O=Cc1ccc(-c2ccc(C(=O)O)cc2)o1.S=C=S. The number of nitrogens with two attached hydrogens (primary N) is 1. The topological polar surface area (TPSA) is 222 Å². The Kier molecular flexibility index (Phi) is 26.2. The van der Waals surface area contributed by atoms with Crippen LogP contribution in [0.3, 0.4) is 0 Å². The van der Waals surface area contributed by atoms with Crippen molar-refractivity contribution in [2.75, 3.05) is 11.6 Å². The van der Waals surface area contributed by atoms with E-state index in [1.54, 1.807) is 95.9 Å². The number of thiocarbonyl (C=S) groups is 4. The van der Waals surface area contributed by atoms with Gasteiger partial charge < -0.3 is 29.9 Å². The number of rotatable bonds is 12. The number of carbonyl (C=O) groups is 6. The van der Waals surface area contributed by atoms with Gasteiger partial charge in [-0.15, -0.1) is 11.6 Å². The molecule has 2 aliphatic heterocycles. The van der Waals surface area contributed by atoms with Crippen LogP contribution in [0.15, 0.2) is 159 Å². The van der Waals surface area contributed by atoms with Crippen molar-refractivity contribution in [3.63, 3.8) is 0 Å². The lowest BCUT2D eigenvalue weighted by Crippen LogP contribution is -2.27. The minimum atomic E-state index is -0.996. The Morgan fingerprint density at radius 3 is 1.38 bits per heavy atom. The van der Waals surface area contributed by atoms with Crippen molar-refractivity contribution in [1.29, 1.82) is 0 Å². The van der Waals surface area contributed by atoms with E-state index in [-0.39, 0.29) is 58.6 Å². The van der Waals surface area contributed by atoms with Gasteiger partial charge in [0.15, 0.2) is 12.0 Å². The van der Waals surface area contributed by atoms with Gasteiger partial charge in [-0.05, 0) is 126 Å². The second-order valence-corrected chi connectivity index (χ2v) is 19.5. The first-order chi connectivity index (χ1) is 37.3. The molecule has 2 saturated heterocycles. The third kappa shape index (κ3) is 20.5. The van der Waals surface area contributed by atoms with Gasteiger partial charge in [-0.3, -0.25) is 29.0 Å². The first-order valence-electron chi connectivity index (χ1n) is 22.0. The Hall–Kier alpha value is -7.44. The minimum Gasteiger partial charge on any atom is -0.480 e. The molecule has 78 heavy (non-hydrogen) atoms. The number of nitrogens with zero attached hydrogens (tertiary/aromatic N) is 2. The predicted octanol–water partition coefficient (Wildman–Crippen LogP) is 12.4. The fourth-order valence-corrected chi connectivity index (χ4v) is 8.48. The first-order valence-corrected chi connectivity index (χ1v) is 26.0. The zero-order valence-corrected chi connectivity index (χ0v) is 45.7. The van der Waals surface area contributed by atoms with Gasteiger partial charge in [-0.25, -0.2) is 22.8 Å². The highest BCUT2D eigenvalue weighted by Crippen LogP contribution is 2.35. The number of carboxylic acids is 3. The van der Waals surface area contributed by atoms with Crippen molar-refractivity contribution in [2.45, 2.75) is 19.6 Å². The van der Waals surface area contributed by atoms with Gasteiger partial charge in [0.25, 0.3) is 5.91 Å². The molecule has 5 aromatic carbocycles. The summed E-state index contributed by atoms with van der Waals surface area (Å²) in [6, 6.07) is 37.4. The average molecular weight is 1190 g/mol. The highest BCUT2D eigenvalue weighted by Gasteiger charge is 2.32. The molecule has 0 bridgehead atoms. The summed E-state index contributed by atoms with van der Waals surface area (Å²) in [4.78, 5) is 68.8. The van der Waals surface area contributed by atoms with E-state index in [4.69, 9.17) is 65.9 Å². The van der Waals surface area contributed by atoms with E-state index in [0.717, 1.165) is 27.8 Å². The van der Waals surface area contributed by atoms with Crippen molar-refractivity contribution in [3.8, 4) is 22.6 Å². The van der Waals surface area contributed by atoms with Crippen LogP contribution in [0.5, 0.6) is 0 Å². The molecule has 0 unspecified atom stereocenters. The minimum absolute atomic E-state index is 0.0225. The van der Waals surface area contributed by atoms with Crippen LogP contribution in [0.25, 0.3) is 28.7 Å². The molecule has 24 heteroatoms. The number of aromatic carboxylic acids is 2. The quantitative estimate of drug-likeness (QED) is 0.0386. The first kappa shape index (κ1) is 63.1. The average Bonchev–Trinajstić information content (AvgIpc) is 4.25. The Morgan fingerprint density at radius 1 is 0.628 bits per heavy atom. The zero-order chi connectivity index (χ0) is 57.3. The molecule has 2 fully saturated rings. The summed E-state index contributed by atoms with van der Waals surface area (Å²) < 4.78 is 51.8. The van der Waals surface area contributed by atoms with Gasteiger partial charge in [0.05, 0.1) is 34.9 Å². The number of carbonyl (C=O) groups excluding carboxylic acids is 3. The van der Waals surface area contributed by atoms with Crippen molar-refractivity contribution < 1.29 is 66.1 Å². The van der Waals surface area contributed by atoms with Crippen LogP contribution in [0.4, 0.5) is 13.2 Å². The normalized spacial score (nSPS) is 12.7. The Bertz CT molecular complexity index is 3260. The summed E-state index contributed by atoms with van der Waals surface area (Å²) in [5.74, 6) is -2.06. The summed E-state index contributed by atoms with van der Waals surface area (Å²) in [5, 5.41) is 25.3. The van der Waals surface area contributed by atoms with Crippen molar-refractivity contribution >= 4 is 139 Å². The van der Waals surface area contributed by atoms with E-state index in [0.29, 0.717) is 56.0 Å². The van der Waals surface area contributed by atoms with E-state index in [1.807, 2.05) is 4.31 Å². The van der Waals surface area contributed by atoms with E-state index >= 15 is 0 Å². The maximum absolute atomic E-state index is 13.1. The lowest BCUT2D eigenvalue weighted by Gasteiger charge is -2.14. The number of aldehydes is 1. The standard InChI is InChI=1S/C22H14FNO4S2.C12H8O4.C10H8FNOS2.C7H8FN.C2H3ClO2.CS2/c23-16-7-1-13(2-8-16)12-24-20(25)19(30-22(24)29)11-17-9-10-18(28-17)14-3-5-15(6-4-14)21(26)27;13-7-10-5-6-11(16-10)8-1-3-9(4-2-8)12(14)15;11-8-3-1-7(2-4-8)5-12-9(13)6-15-10(12)14;8-7-3-1-6(5-9)2-4-7;3-1-2(4)5;2-1-3/h1-11H,12H2,(H,26,27);1-7H,(H,14,15);1-4H,5-6H2;1-4H,5,9H2;1H2,(H,4,5);/b19-11-;;;;;. The van der Waals surface area contributed by atoms with Gasteiger partial charge in [0, 0.05) is 28.1 Å². The number of hydrogen-bond donors (Lipinski definition) is 4. The number of amides is 2. The van der Waals surface area contributed by atoms with Gasteiger partial charge in [0.1, 0.15) is 49.3 Å². The van der Waals surface area contributed by atoms with Crippen LogP contribution >= 0.6 is 84.0 Å². The number of furan rings is 2. The molecule has 9 rings (SSSR count). The number of aliphatic carboxylic acids is 1. The third-order valence-corrected chi connectivity index (χ3v) is 13.0. The van der Waals surface area contributed by atoms with Crippen LogP contribution in [0, 0.1) is 17.5 Å². The van der Waals surface area contributed by atoms with Gasteiger partial charge >= 0.3 is 17.9 Å². The maximum Gasteiger partial charge on any atom is 0.335 e. The number of hydrogen-bond acceptors (Lipinski definition) is 15. The molecule has 5 N–H and O–H groups in total. The molecule has 2 aliphatic rings. The number of alkyl halides is 1. The van der Waals surface area contributed by atoms with Gasteiger partial charge in [0.2, 0.25) is 5.91 Å². The molecule has 7 aromatic rings. The Balaban J connectivity index is 0.000000231. The van der Waals surface area contributed by atoms with Crippen LogP contribution in [0.1, 0.15) is 53.7 Å². The fourth-order valence-electron chi connectivity index (χ4n) is 6.18. The number of benzene rings is 5. The smallest absolute Gasteiger partial charge is 0.335 e. The Morgan fingerprint density at radius 2 is 1.03 bits per heavy atom. The van der Waals surface area contributed by atoms with Crippen molar-refractivity contribution in [2.24, 2.45) is 5.73 Å². The van der Waals surface area contributed by atoms with Crippen LogP contribution in [-0.2, 0) is 34.0 Å². The molecule has 4 heterocycles. The summed E-state index contributed by atoms with van der Waals surface area (Å²) in [6.45, 7) is 1.17. The molecule has 0 atom stereocenters. The van der Waals surface area contributed by atoms with E-state index in [9.17, 15) is 41.9 Å². The lowest BCUT2D eigenvalue weighted by atomic mass is 10.1. The molecular weight excluding hydrogens is 1150 g/mol. The van der Waals surface area contributed by atoms with Gasteiger partial charge in [-0.2, -0.15) is 0 Å². The summed E-state index contributed by atoms with van der Waals surface area (Å²) in [7, 11) is 0. The molecule has 0 saturated carbocycles. The maximum atomic E-state index is 13.1. The summed E-state index contributed by atoms with van der Waals surface area (Å²) >= 11 is 25.6. The van der Waals surface area contributed by atoms with E-state index in [2.05, 4.69) is 24.4 Å². The molecule has 2 amide bonds. The van der Waals surface area contributed by atoms with Crippen LogP contribution in [0.2, 0.25) is 0 Å². The molecule has 2 aromatic heterocycles. The summed E-state index contributed by atoms with van der Waals surface area (Å²) in [6.07, 6.45) is 2.24. The number of halogens is 4. The molecule has 14 nitrogen and oxygen atoms in total. The van der Waals surface area contributed by atoms with Crippen molar-refractivity contribution in [3.05, 3.63) is 207 Å². The molecule has 0 radical (unpaired) electrons. The highest BCUT2D eigenvalue weighted by molar-refractivity contribution is 8.26. The predicted molar refractivity (Wildman–Crippen MR) is 308 cm³/mol. The second kappa shape index (κ2) is 32.3. The molecule has 402 valence electrons. The largest absolute Gasteiger partial charge is 0.480 e. The number of thioether (sulfide) groups is 2. The fraction of sp³-hybridized carbons (Fsp3) is 0.0926. The molecular formula is C54H41ClF3N3O11S6. The Labute approximate surface area is 478 Å². The van der Waals surface area contributed by atoms with Crippen LogP contribution in [-0.4, -0.2) is 85.7 Å². The highest BCUT2D eigenvalue weighted by atomic mass is 35.5. The van der Waals surface area contributed by atoms with E-state index in [1.165, 1.54) is 89.1 Å². The lowest BCUT2D eigenvalue weighted by molar-refractivity contribution is -0.134. The van der Waals surface area contributed by atoms with E-state index < -0.39 is 17.9 Å². The molecule has 0 aliphatic carbocycles.